The minimum Gasteiger partial charge on any atom is -0.457 e. The van der Waals surface area contributed by atoms with E-state index in [1.54, 1.807) is 32.9 Å². The minimum atomic E-state index is -0.535. The molecule has 0 saturated heterocycles. The van der Waals surface area contributed by atoms with E-state index in [4.69, 9.17) is 4.74 Å². The van der Waals surface area contributed by atoms with Crippen molar-refractivity contribution >= 4 is 12.0 Å². The number of rotatable bonds is 2. The Morgan fingerprint density at radius 2 is 2.00 bits per heavy atom. The molecule has 0 fully saturated rings. The van der Waals surface area contributed by atoms with Gasteiger partial charge in [0.15, 0.2) is 0 Å². The standard InChI is InChI=1S/C14H17FO2/c1-10-5-7-12(15)11(9-10)6-8-13(16)17-14(2,3)4/h5-9H,1-4H3/b8-6+. The van der Waals surface area contributed by atoms with Crippen LogP contribution < -0.4 is 0 Å². The third kappa shape index (κ3) is 4.81. The molecule has 0 N–H and O–H groups in total. The van der Waals surface area contributed by atoms with E-state index in [0.29, 0.717) is 5.56 Å². The van der Waals surface area contributed by atoms with Gasteiger partial charge < -0.3 is 4.74 Å². The highest BCUT2D eigenvalue weighted by atomic mass is 19.1. The lowest BCUT2D eigenvalue weighted by Crippen LogP contribution is -2.22. The van der Waals surface area contributed by atoms with Crippen LogP contribution in [0, 0.1) is 12.7 Å². The van der Waals surface area contributed by atoms with Crippen LogP contribution >= 0.6 is 0 Å². The molecule has 0 aliphatic heterocycles. The number of hydrogen-bond donors (Lipinski definition) is 0. The topological polar surface area (TPSA) is 26.3 Å². The molecule has 0 amide bonds. The molecule has 0 atom stereocenters. The first-order valence-corrected chi connectivity index (χ1v) is 5.45. The van der Waals surface area contributed by atoms with Crippen molar-refractivity contribution in [1.29, 1.82) is 0 Å². The van der Waals surface area contributed by atoms with Crippen molar-refractivity contribution in [3.63, 3.8) is 0 Å². The lowest BCUT2D eigenvalue weighted by molar-refractivity contribution is -0.148. The number of carbonyl (C=O) groups excluding carboxylic acids is 1. The first kappa shape index (κ1) is 13.4. The third-order valence-corrected chi connectivity index (χ3v) is 1.96. The molecular formula is C14H17FO2. The predicted molar refractivity (Wildman–Crippen MR) is 66.0 cm³/mol. The number of halogens is 1. The van der Waals surface area contributed by atoms with Crippen LogP contribution in [0.2, 0.25) is 0 Å². The Morgan fingerprint density at radius 1 is 1.35 bits per heavy atom. The van der Waals surface area contributed by atoms with Crippen molar-refractivity contribution in [2.75, 3.05) is 0 Å². The van der Waals surface area contributed by atoms with E-state index in [1.165, 1.54) is 18.2 Å². The monoisotopic (exact) mass is 236 g/mol. The summed E-state index contributed by atoms with van der Waals surface area (Å²) >= 11 is 0. The number of carbonyl (C=O) groups is 1. The molecule has 2 nitrogen and oxygen atoms in total. The minimum absolute atomic E-state index is 0.351. The second-order valence-corrected chi connectivity index (χ2v) is 4.89. The molecule has 0 aliphatic rings. The molecule has 0 saturated carbocycles. The van der Waals surface area contributed by atoms with Crippen molar-refractivity contribution in [3.8, 4) is 0 Å². The summed E-state index contributed by atoms with van der Waals surface area (Å²) in [5.74, 6) is -0.825. The van der Waals surface area contributed by atoms with E-state index in [1.807, 2.05) is 6.92 Å². The maximum atomic E-state index is 13.4. The molecule has 3 heteroatoms. The molecule has 92 valence electrons. The van der Waals surface area contributed by atoms with Gasteiger partial charge in [-0.3, -0.25) is 0 Å². The quantitative estimate of drug-likeness (QED) is 0.580. The second-order valence-electron chi connectivity index (χ2n) is 4.89. The van der Waals surface area contributed by atoms with Crippen molar-refractivity contribution in [2.24, 2.45) is 0 Å². The highest BCUT2D eigenvalue weighted by molar-refractivity contribution is 5.87. The number of aryl methyl sites for hydroxylation is 1. The lowest BCUT2D eigenvalue weighted by Gasteiger charge is -2.17. The number of esters is 1. The molecule has 0 radical (unpaired) electrons. The lowest BCUT2D eigenvalue weighted by atomic mass is 10.1. The molecule has 0 spiro atoms. The fourth-order valence-electron chi connectivity index (χ4n) is 1.28. The molecule has 0 heterocycles. The van der Waals surface area contributed by atoms with Gasteiger partial charge in [0.25, 0.3) is 0 Å². The zero-order chi connectivity index (χ0) is 13.1. The summed E-state index contributed by atoms with van der Waals surface area (Å²) < 4.78 is 18.4. The Hall–Kier alpha value is -1.64. The maximum absolute atomic E-state index is 13.4. The Bertz CT molecular complexity index is 442. The van der Waals surface area contributed by atoms with Gasteiger partial charge in [-0.05, 0) is 45.9 Å². The Labute approximate surface area is 101 Å². The van der Waals surface area contributed by atoms with Crippen LogP contribution in [-0.4, -0.2) is 11.6 Å². The first-order valence-electron chi connectivity index (χ1n) is 5.45. The molecule has 0 bridgehead atoms. The summed E-state index contributed by atoms with van der Waals surface area (Å²) in [5, 5.41) is 0. The summed E-state index contributed by atoms with van der Waals surface area (Å²) in [7, 11) is 0. The van der Waals surface area contributed by atoms with Gasteiger partial charge in [-0.25, -0.2) is 9.18 Å². The van der Waals surface area contributed by atoms with Gasteiger partial charge in [-0.2, -0.15) is 0 Å². The van der Waals surface area contributed by atoms with Crippen LogP contribution in [0.3, 0.4) is 0 Å². The van der Waals surface area contributed by atoms with Gasteiger partial charge in [-0.1, -0.05) is 11.6 Å². The van der Waals surface area contributed by atoms with E-state index < -0.39 is 11.6 Å². The van der Waals surface area contributed by atoms with Crippen LogP contribution in [-0.2, 0) is 9.53 Å². The van der Waals surface area contributed by atoms with E-state index in [9.17, 15) is 9.18 Å². The van der Waals surface area contributed by atoms with Gasteiger partial charge in [0.05, 0.1) is 0 Å². The summed E-state index contributed by atoms with van der Waals surface area (Å²) in [5.41, 5.74) is 0.790. The van der Waals surface area contributed by atoms with Crippen LogP contribution in [0.25, 0.3) is 6.08 Å². The zero-order valence-corrected chi connectivity index (χ0v) is 10.6. The zero-order valence-electron chi connectivity index (χ0n) is 10.6. The molecule has 0 aromatic heterocycles. The van der Waals surface area contributed by atoms with Gasteiger partial charge >= 0.3 is 5.97 Å². The number of benzene rings is 1. The normalized spacial score (nSPS) is 11.8. The molecule has 0 unspecified atom stereocenters. The Kier molecular flexibility index (Phi) is 4.05. The van der Waals surface area contributed by atoms with Crippen molar-refractivity contribution in [2.45, 2.75) is 33.3 Å². The van der Waals surface area contributed by atoms with Crippen LogP contribution in [0.5, 0.6) is 0 Å². The highest BCUT2D eigenvalue weighted by Crippen LogP contribution is 2.13. The predicted octanol–water partition coefficient (Wildman–Crippen LogP) is 3.49. The summed E-state index contributed by atoms with van der Waals surface area (Å²) in [4.78, 5) is 11.4. The smallest absolute Gasteiger partial charge is 0.331 e. The molecule has 17 heavy (non-hydrogen) atoms. The first-order chi connectivity index (χ1) is 7.78. The average Bonchev–Trinajstić information content (AvgIpc) is 2.17. The summed E-state index contributed by atoms with van der Waals surface area (Å²) in [6.45, 7) is 7.22. The van der Waals surface area contributed by atoms with E-state index in [2.05, 4.69) is 0 Å². The fraction of sp³-hybridized carbons (Fsp3) is 0.357. The van der Waals surface area contributed by atoms with Gasteiger partial charge in [0.1, 0.15) is 11.4 Å². The van der Waals surface area contributed by atoms with Crippen LogP contribution in [0.15, 0.2) is 24.3 Å². The van der Waals surface area contributed by atoms with Crippen molar-refractivity contribution < 1.29 is 13.9 Å². The second kappa shape index (κ2) is 5.13. The highest BCUT2D eigenvalue weighted by Gasteiger charge is 2.13. The molecular weight excluding hydrogens is 219 g/mol. The van der Waals surface area contributed by atoms with E-state index in [0.717, 1.165) is 5.56 Å². The van der Waals surface area contributed by atoms with Crippen molar-refractivity contribution in [3.05, 3.63) is 41.2 Å². The molecule has 1 aromatic rings. The Balaban J connectivity index is 2.77. The summed E-state index contributed by atoms with van der Waals surface area (Å²) in [6, 6.07) is 4.74. The van der Waals surface area contributed by atoms with E-state index >= 15 is 0 Å². The summed E-state index contributed by atoms with van der Waals surface area (Å²) in [6.07, 6.45) is 2.67. The SMILES string of the molecule is Cc1ccc(F)c(/C=C/C(=O)OC(C)(C)C)c1. The third-order valence-electron chi connectivity index (χ3n) is 1.96. The van der Waals surface area contributed by atoms with Gasteiger partial charge in [0, 0.05) is 11.6 Å². The maximum Gasteiger partial charge on any atom is 0.331 e. The van der Waals surface area contributed by atoms with Crippen LogP contribution in [0.1, 0.15) is 31.9 Å². The molecule has 0 aliphatic carbocycles. The van der Waals surface area contributed by atoms with Gasteiger partial charge in [-0.15, -0.1) is 0 Å². The van der Waals surface area contributed by atoms with E-state index in [-0.39, 0.29) is 5.82 Å². The Morgan fingerprint density at radius 3 is 2.59 bits per heavy atom. The van der Waals surface area contributed by atoms with Crippen LogP contribution in [0.4, 0.5) is 4.39 Å². The molecule has 1 rings (SSSR count). The fourth-order valence-corrected chi connectivity index (χ4v) is 1.28. The molecule has 1 aromatic carbocycles. The van der Waals surface area contributed by atoms with Gasteiger partial charge in [0.2, 0.25) is 0 Å². The van der Waals surface area contributed by atoms with Crippen molar-refractivity contribution in [1.82, 2.24) is 0 Å². The average molecular weight is 236 g/mol. The number of ether oxygens (including phenoxy) is 1. The largest absolute Gasteiger partial charge is 0.457 e. The number of hydrogen-bond acceptors (Lipinski definition) is 2.